The molecular weight excluding hydrogens is 372 g/mol. The van der Waals surface area contributed by atoms with Gasteiger partial charge in [-0.1, -0.05) is 23.7 Å². The summed E-state index contributed by atoms with van der Waals surface area (Å²) in [6.07, 6.45) is -0.193. The van der Waals surface area contributed by atoms with E-state index >= 15 is 0 Å². The van der Waals surface area contributed by atoms with Crippen LogP contribution in [0.2, 0.25) is 5.02 Å². The highest BCUT2D eigenvalue weighted by Gasteiger charge is 2.25. The summed E-state index contributed by atoms with van der Waals surface area (Å²) < 4.78 is 10.9. The maximum Gasteiger partial charge on any atom is 0.408 e. The van der Waals surface area contributed by atoms with Gasteiger partial charge in [-0.15, -0.1) is 10.2 Å². The van der Waals surface area contributed by atoms with E-state index in [4.69, 9.17) is 20.8 Å². The molecule has 1 heterocycles. The number of hydrogen-bond acceptors (Lipinski definition) is 6. The van der Waals surface area contributed by atoms with Gasteiger partial charge in [-0.3, -0.25) is 4.79 Å². The van der Waals surface area contributed by atoms with Crippen LogP contribution >= 0.6 is 11.6 Å². The molecule has 2 N–H and O–H groups in total. The number of nitrogens with one attached hydrogen (secondary N) is 2. The Kier molecular flexibility index (Phi) is 6.79. The SMILES string of the molecule is CC(=O)NCc1nnc([C@H](Cc2ccc(Cl)cc2)NC(=O)OC(C)(C)C)o1. The number of nitrogens with zero attached hydrogens (tertiary/aromatic N) is 2. The van der Waals surface area contributed by atoms with Gasteiger partial charge in [0.05, 0.1) is 6.54 Å². The predicted octanol–water partition coefficient (Wildman–Crippen LogP) is 3.17. The van der Waals surface area contributed by atoms with Crippen molar-refractivity contribution in [2.75, 3.05) is 0 Å². The standard InChI is InChI=1S/C18H23ClN4O4/c1-11(24)20-10-15-22-23-16(26-15)14(21-17(25)27-18(2,3)4)9-12-5-7-13(19)8-6-12/h5-8,14H,9-10H2,1-4H3,(H,20,24)(H,21,25)/t14-/m0/s1. The van der Waals surface area contributed by atoms with E-state index in [9.17, 15) is 9.59 Å². The molecule has 0 saturated heterocycles. The molecular formula is C18H23ClN4O4. The first-order chi connectivity index (χ1) is 12.6. The average Bonchev–Trinajstić information content (AvgIpc) is 3.01. The molecule has 0 saturated carbocycles. The van der Waals surface area contributed by atoms with Gasteiger partial charge in [0.25, 0.3) is 0 Å². The lowest BCUT2D eigenvalue weighted by Crippen LogP contribution is -2.36. The lowest BCUT2D eigenvalue weighted by atomic mass is 10.1. The van der Waals surface area contributed by atoms with Gasteiger partial charge in [0.2, 0.25) is 17.7 Å². The van der Waals surface area contributed by atoms with E-state index in [1.54, 1.807) is 32.9 Å². The normalized spacial score (nSPS) is 12.3. The molecule has 2 rings (SSSR count). The molecule has 9 heteroatoms. The molecule has 0 aliphatic carbocycles. The first kappa shape index (κ1) is 20.7. The van der Waals surface area contributed by atoms with E-state index in [1.165, 1.54) is 6.92 Å². The molecule has 1 aromatic heterocycles. The molecule has 0 aliphatic rings. The molecule has 1 atom stereocenters. The highest BCUT2D eigenvalue weighted by Crippen LogP contribution is 2.20. The summed E-state index contributed by atoms with van der Waals surface area (Å²) in [6, 6.07) is 6.62. The van der Waals surface area contributed by atoms with Crippen molar-refractivity contribution >= 4 is 23.6 Å². The zero-order valence-electron chi connectivity index (χ0n) is 15.7. The van der Waals surface area contributed by atoms with Crippen LogP contribution in [0, 0.1) is 0 Å². The minimum atomic E-state index is -0.639. The van der Waals surface area contributed by atoms with E-state index in [2.05, 4.69) is 20.8 Å². The molecule has 0 bridgehead atoms. The van der Waals surface area contributed by atoms with Crippen LogP contribution in [0.5, 0.6) is 0 Å². The Balaban J connectivity index is 2.16. The summed E-state index contributed by atoms with van der Waals surface area (Å²) >= 11 is 5.92. The van der Waals surface area contributed by atoms with Crippen LogP contribution in [0.3, 0.4) is 0 Å². The summed E-state index contributed by atoms with van der Waals surface area (Å²) in [5.41, 5.74) is 0.280. The van der Waals surface area contributed by atoms with Crippen molar-refractivity contribution in [2.45, 2.75) is 52.3 Å². The van der Waals surface area contributed by atoms with E-state index < -0.39 is 17.7 Å². The minimum absolute atomic E-state index is 0.114. The highest BCUT2D eigenvalue weighted by molar-refractivity contribution is 6.30. The van der Waals surface area contributed by atoms with Crippen LogP contribution in [0.4, 0.5) is 4.79 Å². The van der Waals surface area contributed by atoms with E-state index in [0.717, 1.165) is 5.56 Å². The Bertz CT molecular complexity index is 783. The van der Waals surface area contributed by atoms with Crippen molar-refractivity contribution in [3.05, 3.63) is 46.6 Å². The third kappa shape index (κ3) is 7.26. The number of carbonyl (C=O) groups is 2. The highest BCUT2D eigenvalue weighted by atomic mass is 35.5. The van der Waals surface area contributed by atoms with Crippen molar-refractivity contribution in [1.29, 1.82) is 0 Å². The molecule has 0 spiro atoms. The average molecular weight is 395 g/mol. The Labute approximate surface area is 162 Å². The van der Waals surface area contributed by atoms with Gasteiger partial charge in [-0.05, 0) is 38.5 Å². The predicted molar refractivity (Wildman–Crippen MR) is 99.1 cm³/mol. The van der Waals surface area contributed by atoms with Crippen molar-refractivity contribution in [3.8, 4) is 0 Å². The molecule has 0 radical (unpaired) electrons. The quantitative estimate of drug-likeness (QED) is 0.779. The van der Waals surface area contributed by atoms with E-state index in [0.29, 0.717) is 11.4 Å². The number of aromatic nitrogens is 2. The lowest BCUT2D eigenvalue weighted by Gasteiger charge is -2.22. The minimum Gasteiger partial charge on any atom is -0.444 e. The maximum atomic E-state index is 12.2. The largest absolute Gasteiger partial charge is 0.444 e. The first-order valence-electron chi connectivity index (χ1n) is 8.43. The van der Waals surface area contributed by atoms with Crippen LogP contribution in [-0.4, -0.2) is 27.8 Å². The van der Waals surface area contributed by atoms with Crippen LogP contribution in [0.15, 0.2) is 28.7 Å². The summed E-state index contributed by atoms with van der Waals surface area (Å²) in [4.78, 5) is 23.2. The van der Waals surface area contributed by atoms with Gasteiger partial charge in [0.15, 0.2) is 0 Å². The zero-order valence-corrected chi connectivity index (χ0v) is 16.5. The number of alkyl carbamates (subject to hydrolysis) is 1. The Morgan fingerprint density at radius 3 is 2.48 bits per heavy atom. The summed E-state index contributed by atoms with van der Waals surface area (Å²) in [6.45, 7) is 6.84. The van der Waals surface area contributed by atoms with Crippen LogP contribution < -0.4 is 10.6 Å². The molecule has 0 fully saturated rings. The van der Waals surface area contributed by atoms with Gasteiger partial charge in [-0.2, -0.15) is 0 Å². The smallest absolute Gasteiger partial charge is 0.408 e. The monoisotopic (exact) mass is 394 g/mol. The Morgan fingerprint density at radius 2 is 1.89 bits per heavy atom. The summed E-state index contributed by atoms with van der Waals surface area (Å²) in [5, 5.41) is 13.8. The number of carbonyl (C=O) groups excluding carboxylic acids is 2. The number of amides is 2. The van der Waals surface area contributed by atoms with Crippen molar-refractivity contribution in [3.63, 3.8) is 0 Å². The van der Waals surface area contributed by atoms with Crippen molar-refractivity contribution < 1.29 is 18.7 Å². The van der Waals surface area contributed by atoms with Crippen molar-refractivity contribution in [1.82, 2.24) is 20.8 Å². The van der Waals surface area contributed by atoms with Crippen LogP contribution in [-0.2, 0) is 22.5 Å². The molecule has 2 amide bonds. The lowest BCUT2D eigenvalue weighted by molar-refractivity contribution is -0.119. The molecule has 2 aromatic rings. The molecule has 146 valence electrons. The molecule has 8 nitrogen and oxygen atoms in total. The Hall–Kier alpha value is -2.61. The van der Waals surface area contributed by atoms with E-state index in [1.807, 2.05) is 12.1 Å². The van der Waals surface area contributed by atoms with Crippen LogP contribution in [0.1, 0.15) is 51.1 Å². The number of ether oxygens (including phenoxy) is 1. The third-order valence-electron chi connectivity index (χ3n) is 3.31. The van der Waals surface area contributed by atoms with Gasteiger partial charge >= 0.3 is 6.09 Å². The van der Waals surface area contributed by atoms with Crippen LogP contribution in [0.25, 0.3) is 0 Å². The van der Waals surface area contributed by atoms with E-state index in [-0.39, 0.29) is 24.2 Å². The molecule has 1 aromatic carbocycles. The topological polar surface area (TPSA) is 106 Å². The third-order valence-corrected chi connectivity index (χ3v) is 3.57. The van der Waals surface area contributed by atoms with Gasteiger partial charge < -0.3 is 19.8 Å². The Morgan fingerprint density at radius 1 is 1.22 bits per heavy atom. The van der Waals surface area contributed by atoms with Gasteiger partial charge in [-0.25, -0.2) is 4.79 Å². The fourth-order valence-electron chi connectivity index (χ4n) is 2.19. The molecule has 0 unspecified atom stereocenters. The summed E-state index contributed by atoms with van der Waals surface area (Å²) in [7, 11) is 0. The second kappa shape index (κ2) is 8.85. The van der Waals surface area contributed by atoms with Gasteiger partial charge in [0.1, 0.15) is 11.6 Å². The number of benzene rings is 1. The fourth-order valence-corrected chi connectivity index (χ4v) is 2.31. The molecule has 27 heavy (non-hydrogen) atoms. The number of rotatable bonds is 6. The molecule has 0 aliphatic heterocycles. The first-order valence-corrected chi connectivity index (χ1v) is 8.81. The number of halogens is 1. The van der Waals surface area contributed by atoms with Gasteiger partial charge in [0, 0.05) is 18.4 Å². The maximum absolute atomic E-state index is 12.2. The van der Waals surface area contributed by atoms with Crippen molar-refractivity contribution in [2.24, 2.45) is 0 Å². The second-order valence-corrected chi connectivity index (χ2v) is 7.41. The second-order valence-electron chi connectivity index (χ2n) is 6.97. The fraction of sp³-hybridized carbons (Fsp3) is 0.444. The zero-order chi connectivity index (χ0) is 20.0. The number of hydrogen-bond donors (Lipinski definition) is 2. The summed E-state index contributed by atoms with van der Waals surface area (Å²) in [5.74, 6) is 0.253.